The Morgan fingerprint density at radius 2 is 1.95 bits per heavy atom. The first-order valence-corrected chi connectivity index (χ1v) is 6.63. The predicted octanol–water partition coefficient (Wildman–Crippen LogP) is 3.55. The van der Waals surface area contributed by atoms with Crippen LogP contribution >= 0.6 is 0 Å². The molecule has 0 saturated carbocycles. The Kier molecular flexibility index (Phi) is 8.14. The minimum absolute atomic E-state index is 0.112. The van der Waals surface area contributed by atoms with Crippen molar-refractivity contribution in [3.8, 4) is 0 Å². The van der Waals surface area contributed by atoms with E-state index in [0.29, 0.717) is 13.4 Å². The normalized spacial score (nSPS) is 14.0. The molecule has 0 aliphatic heterocycles. The van der Waals surface area contributed by atoms with E-state index in [1.807, 2.05) is 31.2 Å². The molecule has 106 valence electrons. The summed E-state index contributed by atoms with van der Waals surface area (Å²) in [6, 6.07) is 10.2. The van der Waals surface area contributed by atoms with Gasteiger partial charge in [0, 0.05) is 7.11 Å². The summed E-state index contributed by atoms with van der Waals surface area (Å²) in [7, 11) is 1.62. The predicted molar refractivity (Wildman–Crippen MR) is 76.9 cm³/mol. The molecule has 1 aromatic carbocycles. The Morgan fingerprint density at radius 3 is 2.58 bits per heavy atom. The number of rotatable bonds is 10. The standard InChI is InChI=1S/C16H24O3/c1-4-8-16(11-14(2)19-13-17-3)18-12-15-9-6-5-7-10-15/h4-7,9-10,14,16H,1,8,11-13H2,2-3H3/t14-,16+/m0/s1. The molecule has 0 aromatic heterocycles. The van der Waals surface area contributed by atoms with E-state index in [0.717, 1.165) is 12.8 Å². The zero-order valence-corrected chi connectivity index (χ0v) is 11.9. The van der Waals surface area contributed by atoms with Gasteiger partial charge in [-0.3, -0.25) is 0 Å². The molecule has 0 fully saturated rings. The van der Waals surface area contributed by atoms with Gasteiger partial charge < -0.3 is 14.2 Å². The average molecular weight is 264 g/mol. The first-order chi connectivity index (χ1) is 9.26. The fraction of sp³-hybridized carbons (Fsp3) is 0.500. The molecular formula is C16H24O3. The van der Waals surface area contributed by atoms with Crippen molar-refractivity contribution in [2.45, 2.75) is 38.6 Å². The third-order valence-electron chi connectivity index (χ3n) is 2.82. The zero-order valence-electron chi connectivity index (χ0n) is 11.9. The molecule has 0 unspecified atom stereocenters. The number of ether oxygens (including phenoxy) is 3. The van der Waals surface area contributed by atoms with Crippen molar-refractivity contribution < 1.29 is 14.2 Å². The van der Waals surface area contributed by atoms with Crippen molar-refractivity contribution in [1.82, 2.24) is 0 Å². The molecule has 0 aliphatic rings. The second-order valence-electron chi connectivity index (χ2n) is 4.56. The molecule has 1 aromatic rings. The highest BCUT2D eigenvalue weighted by atomic mass is 16.7. The summed E-state index contributed by atoms with van der Waals surface area (Å²) in [5.41, 5.74) is 1.18. The molecule has 0 N–H and O–H groups in total. The van der Waals surface area contributed by atoms with Gasteiger partial charge in [0.1, 0.15) is 6.79 Å². The van der Waals surface area contributed by atoms with Crippen molar-refractivity contribution in [2.75, 3.05) is 13.9 Å². The van der Waals surface area contributed by atoms with Crippen LogP contribution in [-0.4, -0.2) is 26.1 Å². The van der Waals surface area contributed by atoms with Gasteiger partial charge in [-0.05, 0) is 25.3 Å². The second-order valence-corrected chi connectivity index (χ2v) is 4.56. The fourth-order valence-corrected chi connectivity index (χ4v) is 1.83. The van der Waals surface area contributed by atoms with Crippen molar-refractivity contribution in [1.29, 1.82) is 0 Å². The lowest BCUT2D eigenvalue weighted by Crippen LogP contribution is -2.21. The minimum Gasteiger partial charge on any atom is -0.373 e. The molecule has 2 atom stereocenters. The number of hydrogen-bond donors (Lipinski definition) is 0. The molecule has 0 spiro atoms. The molecule has 0 saturated heterocycles. The lowest BCUT2D eigenvalue weighted by atomic mass is 10.1. The van der Waals surface area contributed by atoms with Gasteiger partial charge in [0.15, 0.2) is 0 Å². The van der Waals surface area contributed by atoms with Crippen LogP contribution in [0.1, 0.15) is 25.3 Å². The van der Waals surface area contributed by atoms with Crippen LogP contribution < -0.4 is 0 Å². The summed E-state index contributed by atoms with van der Waals surface area (Å²) in [4.78, 5) is 0. The molecule has 0 amide bonds. The fourth-order valence-electron chi connectivity index (χ4n) is 1.83. The maximum Gasteiger partial charge on any atom is 0.146 e. The van der Waals surface area contributed by atoms with Crippen LogP contribution in [0.25, 0.3) is 0 Å². The number of benzene rings is 1. The van der Waals surface area contributed by atoms with Gasteiger partial charge in [0.2, 0.25) is 0 Å². The van der Waals surface area contributed by atoms with Crippen molar-refractivity contribution in [3.05, 3.63) is 48.6 Å². The SMILES string of the molecule is C=CC[C@H](C[C@H](C)OCOC)OCc1ccccc1. The summed E-state index contributed by atoms with van der Waals surface area (Å²) < 4.78 is 16.3. The van der Waals surface area contributed by atoms with Gasteiger partial charge in [0.05, 0.1) is 18.8 Å². The highest BCUT2D eigenvalue weighted by Crippen LogP contribution is 2.13. The third-order valence-corrected chi connectivity index (χ3v) is 2.82. The van der Waals surface area contributed by atoms with Gasteiger partial charge >= 0.3 is 0 Å². The smallest absolute Gasteiger partial charge is 0.146 e. The first kappa shape index (κ1) is 15.9. The Labute approximate surface area is 116 Å². The molecule has 3 heteroatoms. The van der Waals surface area contributed by atoms with Crippen LogP contribution in [0.3, 0.4) is 0 Å². The maximum atomic E-state index is 5.93. The van der Waals surface area contributed by atoms with E-state index < -0.39 is 0 Å². The average Bonchev–Trinajstić information content (AvgIpc) is 2.44. The van der Waals surface area contributed by atoms with Crippen LogP contribution in [0.5, 0.6) is 0 Å². The monoisotopic (exact) mass is 264 g/mol. The topological polar surface area (TPSA) is 27.7 Å². The summed E-state index contributed by atoms with van der Waals surface area (Å²) in [5, 5.41) is 0. The third kappa shape index (κ3) is 7.11. The first-order valence-electron chi connectivity index (χ1n) is 6.63. The molecule has 0 heterocycles. The highest BCUT2D eigenvalue weighted by Gasteiger charge is 2.13. The lowest BCUT2D eigenvalue weighted by molar-refractivity contribution is -0.0853. The van der Waals surface area contributed by atoms with E-state index in [2.05, 4.69) is 18.7 Å². The molecular weight excluding hydrogens is 240 g/mol. The molecule has 3 nitrogen and oxygen atoms in total. The second kappa shape index (κ2) is 9.73. The van der Waals surface area contributed by atoms with Gasteiger partial charge in [0.25, 0.3) is 0 Å². The van der Waals surface area contributed by atoms with Crippen LogP contribution in [0.4, 0.5) is 0 Å². The van der Waals surface area contributed by atoms with Gasteiger partial charge in [-0.15, -0.1) is 6.58 Å². The minimum atomic E-state index is 0.112. The van der Waals surface area contributed by atoms with E-state index in [4.69, 9.17) is 14.2 Å². The van der Waals surface area contributed by atoms with E-state index in [1.54, 1.807) is 7.11 Å². The molecule has 19 heavy (non-hydrogen) atoms. The quantitative estimate of drug-likeness (QED) is 0.478. The van der Waals surface area contributed by atoms with Crippen LogP contribution in [0.2, 0.25) is 0 Å². The van der Waals surface area contributed by atoms with Crippen molar-refractivity contribution >= 4 is 0 Å². The summed E-state index contributed by atoms with van der Waals surface area (Å²) in [6.07, 6.45) is 3.79. The zero-order chi connectivity index (χ0) is 13.9. The molecule has 0 radical (unpaired) electrons. The Balaban J connectivity index is 2.37. The number of hydrogen-bond acceptors (Lipinski definition) is 3. The number of methoxy groups -OCH3 is 1. The Bertz CT molecular complexity index is 337. The summed E-state index contributed by atoms with van der Waals surface area (Å²) >= 11 is 0. The molecule has 1 rings (SSSR count). The van der Waals surface area contributed by atoms with E-state index in [1.165, 1.54) is 5.56 Å². The largest absolute Gasteiger partial charge is 0.373 e. The molecule has 0 bridgehead atoms. The van der Waals surface area contributed by atoms with Crippen LogP contribution in [0, 0.1) is 0 Å². The van der Waals surface area contributed by atoms with Crippen LogP contribution in [0.15, 0.2) is 43.0 Å². The van der Waals surface area contributed by atoms with Gasteiger partial charge in [-0.25, -0.2) is 0 Å². The lowest BCUT2D eigenvalue weighted by Gasteiger charge is -2.20. The highest BCUT2D eigenvalue weighted by molar-refractivity contribution is 5.13. The van der Waals surface area contributed by atoms with E-state index in [9.17, 15) is 0 Å². The van der Waals surface area contributed by atoms with Gasteiger partial charge in [-0.2, -0.15) is 0 Å². The maximum absolute atomic E-state index is 5.93. The summed E-state index contributed by atoms with van der Waals surface area (Å²) in [5.74, 6) is 0. The van der Waals surface area contributed by atoms with Crippen molar-refractivity contribution in [3.63, 3.8) is 0 Å². The molecule has 0 aliphatic carbocycles. The van der Waals surface area contributed by atoms with Gasteiger partial charge in [-0.1, -0.05) is 36.4 Å². The van der Waals surface area contributed by atoms with E-state index in [-0.39, 0.29) is 12.2 Å². The van der Waals surface area contributed by atoms with Crippen LogP contribution in [-0.2, 0) is 20.8 Å². The summed E-state index contributed by atoms with van der Waals surface area (Å²) in [6.45, 7) is 6.75. The Morgan fingerprint density at radius 1 is 1.21 bits per heavy atom. The van der Waals surface area contributed by atoms with E-state index >= 15 is 0 Å². The van der Waals surface area contributed by atoms with Crippen molar-refractivity contribution in [2.24, 2.45) is 0 Å². The Hall–Kier alpha value is -1.16.